The molecule has 3 atom stereocenters. The van der Waals surface area contributed by atoms with Crippen LogP contribution in [0.1, 0.15) is 24.0 Å². The first-order valence-electron chi connectivity index (χ1n) is 8.67. The molecule has 2 nitrogen and oxygen atoms in total. The van der Waals surface area contributed by atoms with Crippen LogP contribution in [0, 0.1) is 12.8 Å². The number of rotatable bonds is 3. The predicted octanol–water partition coefficient (Wildman–Crippen LogP) is 4.75. The molecule has 1 aliphatic carbocycles. The quantitative estimate of drug-likeness (QED) is 0.747. The van der Waals surface area contributed by atoms with Crippen LogP contribution in [0.3, 0.4) is 0 Å². The van der Waals surface area contributed by atoms with Gasteiger partial charge in [0, 0.05) is 21.6 Å². The Labute approximate surface area is 151 Å². The summed E-state index contributed by atoms with van der Waals surface area (Å²) in [5, 5.41) is 0. The van der Waals surface area contributed by atoms with Gasteiger partial charge in [-0.05, 0) is 37.1 Å². The van der Waals surface area contributed by atoms with E-state index in [1.165, 1.54) is 22.3 Å². The van der Waals surface area contributed by atoms with Gasteiger partial charge < -0.3 is 4.74 Å². The molecule has 0 amide bonds. The molecule has 3 heteroatoms. The first-order valence-corrected chi connectivity index (χ1v) is 9.82. The molecule has 2 aromatic carbocycles. The highest BCUT2D eigenvalue weighted by Gasteiger charge is 2.35. The Balaban J connectivity index is 1.80. The molecule has 0 radical (unpaired) electrons. The summed E-state index contributed by atoms with van der Waals surface area (Å²) in [6.45, 7) is 5.62. The Bertz CT molecular complexity index is 863. The molecule has 1 saturated heterocycles. The van der Waals surface area contributed by atoms with Crippen molar-refractivity contribution in [3.8, 4) is 0 Å². The van der Waals surface area contributed by atoms with E-state index >= 15 is 0 Å². The second-order valence-corrected chi connectivity index (χ2v) is 8.30. The zero-order valence-electron chi connectivity index (χ0n) is 14.6. The van der Waals surface area contributed by atoms with Crippen molar-refractivity contribution in [3.05, 3.63) is 87.9 Å². The zero-order valence-corrected chi connectivity index (χ0v) is 15.4. The third kappa shape index (κ3) is 3.03. The third-order valence-corrected chi connectivity index (χ3v) is 6.67. The van der Waals surface area contributed by atoms with Crippen molar-refractivity contribution < 1.29 is 8.95 Å². The molecule has 25 heavy (non-hydrogen) atoms. The van der Waals surface area contributed by atoms with E-state index in [-0.39, 0.29) is 11.8 Å². The molecule has 0 saturated carbocycles. The van der Waals surface area contributed by atoms with Crippen LogP contribution in [-0.2, 0) is 15.5 Å². The largest absolute Gasteiger partial charge is 0.376 e. The van der Waals surface area contributed by atoms with Gasteiger partial charge in [0.2, 0.25) is 0 Å². The molecule has 2 aliphatic rings. The van der Waals surface area contributed by atoms with Crippen LogP contribution in [0.25, 0.3) is 0 Å². The number of aryl methyl sites for hydroxylation is 1. The second kappa shape index (κ2) is 6.74. The van der Waals surface area contributed by atoms with E-state index in [1.54, 1.807) is 0 Å². The Kier molecular flexibility index (Phi) is 4.45. The SMILES string of the molecule is CC1=C2COC[C@@H]2C=C([S@@](=O)c2ccc(C)cc2)[C@@H]1c1ccccc1. The van der Waals surface area contributed by atoms with Gasteiger partial charge in [-0.15, -0.1) is 0 Å². The van der Waals surface area contributed by atoms with Crippen molar-refractivity contribution in [1.82, 2.24) is 0 Å². The fourth-order valence-corrected chi connectivity index (χ4v) is 5.25. The molecule has 0 unspecified atom stereocenters. The Morgan fingerprint density at radius 2 is 1.72 bits per heavy atom. The maximum atomic E-state index is 13.4. The lowest BCUT2D eigenvalue weighted by Gasteiger charge is -2.29. The predicted molar refractivity (Wildman–Crippen MR) is 102 cm³/mol. The minimum absolute atomic E-state index is 0.0660. The van der Waals surface area contributed by atoms with Crippen LogP contribution in [0.4, 0.5) is 0 Å². The van der Waals surface area contributed by atoms with Crippen LogP contribution < -0.4 is 0 Å². The number of ether oxygens (including phenoxy) is 1. The van der Waals surface area contributed by atoms with Crippen molar-refractivity contribution in [2.75, 3.05) is 13.2 Å². The van der Waals surface area contributed by atoms with Crippen molar-refractivity contribution >= 4 is 10.8 Å². The molecular formula is C22H22O2S. The summed E-state index contributed by atoms with van der Waals surface area (Å²) >= 11 is 0. The highest BCUT2D eigenvalue weighted by Crippen LogP contribution is 2.44. The topological polar surface area (TPSA) is 26.3 Å². The average Bonchev–Trinajstić information content (AvgIpc) is 3.11. The number of benzene rings is 2. The first kappa shape index (κ1) is 16.5. The lowest BCUT2D eigenvalue weighted by atomic mass is 9.80. The maximum Gasteiger partial charge on any atom is 0.0814 e. The zero-order chi connectivity index (χ0) is 17.4. The van der Waals surface area contributed by atoms with E-state index in [2.05, 4.69) is 37.3 Å². The molecule has 0 aromatic heterocycles. The van der Waals surface area contributed by atoms with Crippen molar-refractivity contribution in [2.24, 2.45) is 5.92 Å². The normalized spacial score (nSPS) is 24.0. The summed E-state index contributed by atoms with van der Waals surface area (Å²) in [4.78, 5) is 1.86. The number of hydrogen-bond donors (Lipinski definition) is 0. The van der Waals surface area contributed by atoms with Gasteiger partial charge in [0.05, 0.1) is 24.0 Å². The fourth-order valence-electron chi connectivity index (χ4n) is 3.78. The maximum absolute atomic E-state index is 13.4. The molecule has 1 aliphatic heterocycles. The van der Waals surface area contributed by atoms with E-state index in [9.17, 15) is 4.21 Å². The molecule has 4 rings (SSSR count). The van der Waals surface area contributed by atoms with Gasteiger partial charge in [0.15, 0.2) is 0 Å². The molecule has 1 heterocycles. The Morgan fingerprint density at radius 1 is 1.00 bits per heavy atom. The lowest BCUT2D eigenvalue weighted by molar-refractivity contribution is 0.195. The number of fused-ring (bicyclic) bond motifs is 1. The van der Waals surface area contributed by atoms with Gasteiger partial charge in [0.1, 0.15) is 0 Å². The summed E-state index contributed by atoms with van der Waals surface area (Å²) in [6.07, 6.45) is 2.20. The molecular weight excluding hydrogens is 328 g/mol. The van der Waals surface area contributed by atoms with Crippen LogP contribution in [-0.4, -0.2) is 17.4 Å². The van der Waals surface area contributed by atoms with E-state index in [4.69, 9.17) is 4.74 Å². The Hall–Kier alpha value is -1.97. The molecule has 128 valence electrons. The van der Waals surface area contributed by atoms with Gasteiger partial charge in [-0.2, -0.15) is 0 Å². The summed E-state index contributed by atoms with van der Waals surface area (Å²) in [7, 11) is -1.17. The minimum atomic E-state index is -1.17. The summed E-state index contributed by atoms with van der Waals surface area (Å²) in [5.41, 5.74) is 5.04. The third-order valence-electron chi connectivity index (χ3n) is 5.17. The summed E-state index contributed by atoms with van der Waals surface area (Å²) in [5.74, 6) is 0.334. The van der Waals surface area contributed by atoms with Crippen LogP contribution in [0.2, 0.25) is 0 Å². The van der Waals surface area contributed by atoms with E-state index in [0.29, 0.717) is 13.2 Å². The lowest BCUT2D eigenvalue weighted by Crippen LogP contribution is -2.19. The van der Waals surface area contributed by atoms with Gasteiger partial charge in [-0.1, -0.05) is 59.7 Å². The number of hydrogen-bond acceptors (Lipinski definition) is 2. The highest BCUT2D eigenvalue weighted by atomic mass is 32.2. The summed E-state index contributed by atoms with van der Waals surface area (Å²) in [6, 6.07) is 18.4. The summed E-state index contributed by atoms with van der Waals surface area (Å²) < 4.78 is 19.1. The second-order valence-electron chi connectivity index (χ2n) is 6.82. The smallest absolute Gasteiger partial charge is 0.0814 e. The van der Waals surface area contributed by atoms with Crippen LogP contribution in [0.5, 0.6) is 0 Å². The van der Waals surface area contributed by atoms with E-state index in [0.717, 1.165) is 9.80 Å². The molecule has 0 spiro atoms. The average molecular weight is 350 g/mol. The fraction of sp³-hybridized carbons (Fsp3) is 0.273. The standard InChI is InChI=1S/C22H22O2S/c1-15-8-10-19(11-9-15)25(23)21-12-18-13-24-14-20(18)16(2)22(21)17-6-4-3-5-7-17/h3-12,18,22H,13-14H2,1-2H3/t18-,22-,25-/m0/s1. The van der Waals surface area contributed by atoms with Crippen molar-refractivity contribution in [1.29, 1.82) is 0 Å². The van der Waals surface area contributed by atoms with Crippen molar-refractivity contribution in [2.45, 2.75) is 24.7 Å². The van der Waals surface area contributed by atoms with Gasteiger partial charge in [-0.25, -0.2) is 4.21 Å². The van der Waals surface area contributed by atoms with Crippen molar-refractivity contribution in [3.63, 3.8) is 0 Å². The molecule has 0 N–H and O–H groups in total. The Morgan fingerprint density at radius 3 is 2.44 bits per heavy atom. The molecule has 1 fully saturated rings. The molecule has 0 bridgehead atoms. The monoisotopic (exact) mass is 350 g/mol. The minimum Gasteiger partial charge on any atom is -0.376 e. The number of allylic oxidation sites excluding steroid dienone is 2. The molecule has 2 aromatic rings. The van der Waals surface area contributed by atoms with E-state index < -0.39 is 10.8 Å². The van der Waals surface area contributed by atoms with Gasteiger partial charge in [-0.3, -0.25) is 0 Å². The first-order chi connectivity index (χ1) is 12.1. The van der Waals surface area contributed by atoms with Crippen LogP contribution >= 0.6 is 0 Å². The van der Waals surface area contributed by atoms with Crippen LogP contribution in [0.15, 0.2) is 81.6 Å². The highest BCUT2D eigenvalue weighted by molar-refractivity contribution is 7.89. The van der Waals surface area contributed by atoms with E-state index in [1.807, 2.05) is 37.3 Å². The van der Waals surface area contributed by atoms with Gasteiger partial charge in [0.25, 0.3) is 0 Å². The van der Waals surface area contributed by atoms with Gasteiger partial charge >= 0.3 is 0 Å².